The lowest BCUT2D eigenvalue weighted by atomic mass is 10.00. The number of carboxylic acid groups (broad SMARTS) is 1. The van der Waals surface area contributed by atoms with Gasteiger partial charge in [0.05, 0.1) is 12.6 Å². The van der Waals surface area contributed by atoms with Crippen molar-refractivity contribution in [3.63, 3.8) is 0 Å². The summed E-state index contributed by atoms with van der Waals surface area (Å²) >= 11 is 0. The Hall–Kier alpha value is -10.3. The molecule has 0 fully saturated rings. The van der Waals surface area contributed by atoms with E-state index in [9.17, 15) is 58.5 Å². The number of hydrogen-bond donors (Lipinski definition) is 22. The molecule has 516 valence electrons. The molecule has 0 radical (unpaired) electrons. The van der Waals surface area contributed by atoms with Crippen LogP contribution in [0.3, 0.4) is 0 Å². The number of phenolic OH excluding ortho intramolecular Hbond substituents is 1. The quantitative estimate of drug-likeness (QED) is 0.0166. The van der Waals surface area contributed by atoms with Gasteiger partial charge in [0.15, 0.2) is 29.8 Å². The number of nitrogens with two attached hydrogens (primary N) is 11. The second-order valence-electron chi connectivity index (χ2n) is 22.1. The van der Waals surface area contributed by atoms with E-state index in [1.54, 1.807) is 44.2 Å². The van der Waals surface area contributed by atoms with Crippen LogP contribution in [-0.2, 0) is 56.0 Å². The number of hydrogen-bond acceptors (Lipinski definition) is 17. The van der Waals surface area contributed by atoms with Crippen LogP contribution in [-0.4, -0.2) is 192 Å². The highest BCUT2D eigenvalue weighted by molar-refractivity contribution is 5.98. The zero-order chi connectivity index (χ0) is 69.6. The molecule has 0 saturated carbocycles. The van der Waals surface area contributed by atoms with Crippen molar-refractivity contribution in [3.8, 4) is 5.75 Å². The number of benzene rings is 2. The van der Waals surface area contributed by atoms with Crippen molar-refractivity contribution < 1.29 is 58.5 Å². The third-order valence-corrected chi connectivity index (χ3v) is 13.7. The minimum atomic E-state index is -1.84. The first-order valence-electron chi connectivity index (χ1n) is 30.1. The van der Waals surface area contributed by atoms with E-state index in [0.29, 0.717) is 17.5 Å². The van der Waals surface area contributed by atoms with Crippen LogP contribution in [0.2, 0.25) is 0 Å². The van der Waals surface area contributed by atoms with Gasteiger partial charge in [-0.2, -0.15) is 0 Å². The molecule has 0 bridgehead atoms. The second-order valence-corrected chi connectivity index (χ2v) is 22.1. The van der Waals surface area contributed by atoms with Gasteiger partial charge in [-0.05, 0) is 99.8 Å². The maximum atomic E-state index is 14.5. The van der Waals surface area contributed by atoms with Gasteiger partial charge in [0, 0.05) is 45.6 Å². The van der Waals surface area contributed by atoms with E-state index >= 15 is 0 Å². The fraction of sp³-hybridized carbons (Fsp3) is 0.544. The summed E-state index contributed by atoms with van der Waals surface area (Å²) in [5.41, 5.74) is 62.1. The number of carbonyl (C=O) groups excluding carboxylic acids is 8. The Kier molecular flexibility index (Phi) is 36.2. The first-order chi connectivity index (χ1) is 44.0. The number of nitrogens with zero attached hydrogens (tertiary/aromatic N) is 5. The molecule has 8 amide bonds. The van der Waals surface area contributed by atoms with E-state index in [-0.39, 0.29) is 151 Å². The first kappa shape index (κ1) is 78.8. The van der Waals surface area contributed by atoms with Crippen LogP contribution < -0.4 is 106 Å². The Bertz CT molecular complexity index is 2880. The Morgan fingerprint density at radius 2 is 0.677 bits per heavy atom. The summed E-state index contributed by atoms with van der Waals surface area (Å²) in [7, 11) is 0. The van der Waals surface area contributed by atoms with E-state index in [1.165, 1.54) is 24.3 Å². The molecule has 0 aromatic heterocycles. The summed E-state index contributed by atoms with van der Waals surface area (Å²) in [6, 6.07) is 0.928. The molecule has 0 unspecified atom stereocenters. The summed E-state index contributed by atoms with van der Waals surface area (Å²) in [6.45, 7) is 2.60. The van der Waals surface area contributed by atoms with Gasteiger partial charge in [0.1, 0.15) is 54.1 Å². The van der Waals surface area contributed by atoms with Crippen LogP contribution in [0.4, 0.5) is 0 Å². The smallest absolute Gasteiger partial charge is 0.326 e. The number of rotatable bonds is 44. The molecule has 2 aromatic rings. The van der Waals surface area contributed by atoms with E-state index in [4.69, 9.17) is 63.1 Å². The lowest BCUT2D eigenvalue weighted by molar-refractivity contribution is -0.142. The molecule has 0 saturated heterocycles. The van der Waals surface area contributed by atoms with Crippen LogP contribution >= 0.6 is 0 Å². The first-order valence-corrected chi connectivity index (χ1v) is 30.1. The van der Waals surface area contributed by atoms with Crippen molar-refractivity contribution in [2.75, 3.05) is 39.3 Å². The highest BCUT2D eigenvalue weighted by Gasteiger charge is 2.35. The van der Waals surface area contributed by atoms with Crippen molar-refractivity contribution in [2.24, 2.45) is 94.0 Å². The van der Waals surface area contributed by atoms with Gasteiger partial charge in [-0.15, -0.1) is 0 Å². The summed E-state index contributed by atoms with van der Waals surface area (Å²) in [4.78, 5) is 146. The van der Waals surface area contributed by atoms with Crippen LogP contribution in [0.25, 0.3) is 0 Å². The molecular formula is C57H96N24O12. The van der Waals surface area contributed by atoms with Gasteiger partial charge in [-0.1, -0.05) is 56.3 Å². The van der Waals surface area contributed by atoms with Gasteiger partial charge in [0.2, 0.25) is 47.3 Å². The summed E-state index contributed by atoms with van der Waals surface area (Å²) < 4.78 is 0. The lowest BCUT2D eigenvalue weighted by Crippen LogP contribution is -2.61. The van der Waals surface area contributed by atoms with Gasteiger partial charge in [-0.25, -0.2) is 4.79 Å². The molecule has 0 aliphatic heterocycles. The molecule has 33 N–H and O–H groups in total. The van der Waals surface area contributed by atoms with E-state index in [2.05, 4.69) is 67.5 Å². The van der Waals surface area contributed by atoms with E-state index < -0.39 is 114 Å². The monoisotopic (exact) mass is 1310 g/mol. The van der Waals surface area contributed by atoms with Crippen molar-refractivity contribution in [1.29, 1.82) is 0 Å². The summed E-state index contributed by atoms with van der Waals surface area (Å²) in [6.07, 6.45) is -0.122. The topological polar surface area (TPSA) is 659 Å². The highest BCUT2D eigenvalue weighted by Crippen LogP contribution is 2.15. The number of nitrogens with one attached hydrogen (secondary N) is 8. The SMILES string of the molecule is CC(C)C[C@H](NC(=O)[C@H](CCCN=C(N)N)NC(=O)[C@@H](N)CCCN=C(N)N)C(=O)N[C@@H](Cc1ccc(O)cc1)C(=O)N[C@@H](CO)C(=O)N[C@@H](CCCN=C(N)N)C(=O)N[C@@H](CCCN=C(N)N)C(=O)N[C@@H](CCCN=C(N)N)C(=O)N[C@@H](Cc1ccccc1)C(=O)O. The standard InChI is InChI=1S/C57H96N24O12/c1-31(2)27-40(78-47(87)36(14-7-23-70-54(61)62)74-44(84)35(58)13-6-22-69-53(59)60)49(89)79-41(28-33-18-20-34(83)21-19-33)50(90)81-43(30-82)51(91)77-38(16-9-25-72-56(65)66)46(86)75-37(15-8-24-71-55(63)64)45(85)76-39(17-10-26-73-57(67)68)48(88)80-42(52(92)93)29-32-11-4-3-5-12-32/h3-5,11-12,18-21,31,35-43,82-83H,6-10,13-17,22-30,58H2,1-2H3,(H,74,84)(H,75,86)(H,76,85)(H,77,91)(H,78,87)(H,79,89)(H,80,88)(H,81,90)(H,92,93)(H4,59,60,69)(H4,61,62,70)(H4,63,64,71)(H4,65,66,72)(H4,67,68,73)/t35-,36-,37-,38-,39-,40-,41-,42-,43-/m0/s1. The summed E-state index contributed by atoms with van der Waals surface area (Å²) in [5.74, 6) is -10.3. The van der Waals surface area contributed by atoms with Crippen molar-refractivity contribution >= 4 is 83.0 Å². The molecule has 2 rings (SSSR count). The Morgan fingerprint density at radius 3 is 1.04 bits per heavy atom. The van der Waals surface area contributed by atoms with Gasteiger partial charge in [0.25, 0.3) is 0 Å². The van der Waals surface area contributed by atoms with E-state index in [1.807, 2.05) is 0 Å². The molecule has 9 atom stereocenters. The van der Waals surface area contributed by atoms with Crippen LogP contribution in [0.1, 0.15) is 95.6 Å². The van der Waals surface area contributed by atoms with Crippen molar-refractivity contribution in [1.82, 2.24) is 42.5 Å². The third kappa shape index (κ3) is 33.4. The fourth-order valence-electron chi connectivity index (χ4n) is 8.95. The highest BCUT2D eigenvalue weighted by atomic mass is 16.4. The number of phenols is 1. The molecule has 93 heavy (non-hydrogen) atoms. The number of aliphatic imine (C=N–C) groups is 5. The molecule has 0 spiro atoms. The molecule has 36 nitrogen and oxygen atoms in total. The largest absolute Gasteiger partial charge is 0.508 e. The number of carbonyl (C=O) groups is 9. The number of aliphatic carboxylic acids is 1. The Balaban J connectivity index is 2.57. The van der Waals surface area contributed by atoms with Crippen molar-refractivity contribution in [3.05, 3.63) is 65.7 Å². The molecule has 0 heterocycles. The minimum absolute atomic E-state index is 0.00377. The molecular weight excluding hydrogens is 1210 g/mol. The fourth-order valence-corrected chi connectivity index (χ4v) is 8.95. The van der Waals surface area contributed by atoms with Crippen molar-refractivity contribution in [2.45, 2.75) is 152 Å². The van der Waals surface area contributed by atoms with Gasteiger partial charge >= 0.3 is 5.97 Å². The predicted molar refractivity (Wildman–Crippen MR) is 349 cm³/mol. The molecule has 36 heteroatoms. The lowest BCUT2D eigenvalue weighted by Gasteiger charge is -2.28. The normalized spacial score (nSPS) is 13.7. The average molecular weight is 1310 g/mol. The number of amides is 8. The zero-order valence-electron chi connectivity index (χ0n) is 52.5. The maximum absolute atomic E-state index is 14.5. The van der Waals surface area contributed by atoms with Crippen LogP contribution in [0.5, 0.6) is 5.75 Å². The number of aromatic hydroxyl groups is 1. The van der Waals surface area contributed by atoms with Crippen LogP contribution in [0, 0.1) is 5.92 Å². The predicted octanol–water partition coefficient (Wildman–Crippen LogP) is -7.23. The van der Waals surface area contributed by atoms with E-state index in [0.717, 1.165) is 0 Å². The molecule has 0 aliphatic rings. The Morgan fingerprint density at radius 1 is 0.387 bits per heavy atom. The molecule has 2 aromatic carbocycles. The van der Waals surface area contributed by atoms with Crippen LogP contribution in [0.15, 0.2) is 79.6 Å². The number of guanidine groups is 5. The average Bonchev–Trinajstić information content (AvgIpc) is 1.35. The molecule has 0 aliphatic carbocycles. The third-order valence-electron chi connectivity index (χ3n) is 13.7. The number of carboxylic acids is 1. The number of aliphatic hydroxyl groups is 1. The van der Waals surface area contributed by atoms with Gasteiger partial charge < -0.3 is 121 Å². The van der Waals surface area contributed by atoms with Gasteiger partial charge in [-0.3, -0.25) is 63.3 Å². The minimum Gasteiger partial charge on any atom is -0.508 e. The Labute approximate surface area is 538 Å². The number of aliphatic hydroxyl groups excluding tert-OH is 1. The summed E-state index contributed by atoms with van der Waals surface area (Å²) in [5, 5.41) is 51.4. The second kappa shape index (κ2) is 42.7. The maximum Gasteiger partial charge on any atom is 0.326 e. The zero-order valence-corrected chi connectivity index (χ0v) is 52.5.